The number of hydrogen-bond donors (Lipinski definition) is 3. The molecular formula is C10H20N2O3S. The molecule has 0 aromatic rings. The second kappa shape index (κ2) is 3.94. The van der Waals surface area contributed by atoms with E-state index in [-0.39, 0.29) is 11.5 Å². The second-order valence-corrected chi connectivity index (χ2v) is 7.39. The molecule has 2 aliphatic heterocycles. The van der Waals surface area contributed by atoms with Crippen molar-refractivity contribution in [1.29, 1.82) is 0 Å². The molecule has 2 saturated heterocycles. The van der Waals surface area contributed by atoms with Gasteiger partial charge in [-0.3, -0.25) is 0 Å². The van der Waals surface area contributed by atoms with Crippen LogP contribution in [-0.2, 0) is 9.84 Å². The first-order valence-electron chi connectivity index (χ1n) is 5.79. The first-order chi connectivity index (χ1) is 7.37. The lowest BCUT2D eigenvalue weighted by molar-refractivity contribution is -0.0632. The van der Waals surface area contributed by atoms with Gasteiger partial charge in [0.1, 0.15) is 9.84 Å². The van der Waals surface area contributed by atoms with Gasteiger partial charge in [0.05, 0.1) is 17.1 Å². The van der Waals surface area contributed by atoms with Crippen molar-refractivity contribution >= 4 is 9.84 Å². The monoisotopic (exact) mass is 248 g/mol. The van der Waals surface area contributed by atoms with Gasteiger partial charge in [-0.15, -0.1) is 0 Å². The summed E-state index contributed by atoms with van der Waals surface area (Å²) in [7, 11) is -2.93. The van der Waals surface area contributed by atoms with Crippen LogP contribution in [0, 0.1) is 0 Å². The van der Waals surface area contributed by atoms with E-state index in [0.717, 1.165) is 13.1 Å². The van der Waals surface area contributed by atoms with Crippen LogP contribution in [0.4, 0.5) is 0 Å². The van der Waals surface area contributed by atoms with Crippen molar-refractivity contribution in [2.24, 2.45) is 5.73 Å². The number of hydrogen-bond acceptors (Lipinski definition) is 5. The van der Waals surface area contributed by atoms with E-state index in [0.29, 0.717) is 25.7 Å². The van der Waals surface area contributed by atoms with Gasteiger partial charge >= 0.3 is 0 Å². The molecule has 0 unspecified atom stereocenters. The molecule has 0 radical (unpaired) electrons. The van der Waals surface area contributed by atoms with Crippen LogP contribution in [0.15, 0.2) is 0 Å². The minimum Gasteiger partial charge on any atom is -0.388 e. The smallest absolute Gasteiger partial charge is 0.150 e. The Labute approximate surface area is 96.3 Å². The number of sulfone groups is 1. The van der Waals surface area contributed by atoms with Gasteiger partial charge in [-0.25, -0.2) is 8.42 Å². The first kappa shape index (κ1) is 12.3. The average Bonchev–Trinajstić information content (AvgIpc) is 2.24. The minimum absolute atomic E-state index is 0.110. The molecule has 0 aliphatic carbocycles. The molecule has 2 fully saturated rings. The minimum atomic E-state index is -2.93. The predicted molar refractivity (Wildman–Crippen MR) is 61.9 cm³/mol. The van der Waals surface area contributed by atoms with Crippen molar-refractivity contribution in [3.8, 4) is 0 Å². The number of nitrogens with two attached hydrogens (primary N) is 1. The van der Waals surface area contributed by atoms with Crippen LogP contribution >= 0.6 is 0 Å². The van der Waals surface area contributed by atoms with Gasteiger partial charge in [-0.1, -0.05) is 0 Å². The van der Waals surface area contributed by atoms with E-state index in [1.54, 1.807) is 0 Å². The molecule has 0 aromatic heterocycles. The molecule has 16 heavy (non-hydrogen) atoms. The van der Waals surface area contributed by atoms with Gasteiger partial charge in [-0.05, 0) is 38.8 Å². The van der Waals surface area contributed by atoms with Crippen LogP contribution < -0.4 is 11.1 Å². The zero-order valence-electron chi connectivity index (χ0n) is 9.41. The molecule has 0 amide bonds. The van der Waals surface area contributed by atoms with Crippen LogP contribution in [0.3, 0.4) is 0 Å². The Bertz CT molecular complexity index is 346. The molecule has 2 aliphatic rings. The third-order valence-electron chi connectivity index (χ3n) is 4.08. The Morgan fingerprint density at radius 2 is 1.56 bits per heavy atom. The molecule has 0 spiro atoms. The summed E-state index contributed by atoms with van der Waals surface area (Å²) in [5.74, 6) is 0.221. The van der Waals surface area contributed by atoms with E-state index >= 15 is 0 Å². The van der Waals surface area contributed by atoms with Crippen molar-refractivity contribution in [3.05, 3.63) is 0 Å². The molecule has 0 atom stereocenters. The van der Waals surface area contributed by atoms with E-state index in [2.05, 4.69) is 5.32 Å². The van der Waals surface area contributed by atoms with E-state index in [1.165, 1.54) is 0 Å². The second-order valence-electron chi connectivity index (χ2n) is 5.09. The Hall–Kier alpha value is -0.170. The van der Waals surface area contributed by atoms with Crippen molar-refractivity contribution in [1.82, 2.24) is 5.32 Å². The summed E-state index contributed by atoms with van der Waals surface area (Å²) in [4.78, 5) is 0. The van der Waals surface area contributed by atoms with Gasteiger partial charge in [0.25, 0.3) is 0 Å². The van der Waals surface area contributed by atoms with Gasteiger partial charge < -0.3 is 16.2 Å². The number of aliphatic hydroxyl groups is 1. The number of piperidine rings is 1. The Kier molecular flexibility index (Phi) is 3.03. The fourth-order valence-corrected chi connectivity index (χ4v) is 4.26. The molecule has 4 N–H and O–H groups in total. The molecule has 6 heteroatoms. The SMILES string of the molecule is NC1(C2(O)CCNCC2)CCS(=O)(=O)CC1. The summed E-state index contributed by atoms with van der Waals surface area (Å²) in [6.45, 7) is 1.50. The summed E-state index contributed by atoms with van der Waals surface area (Å²) < 4.78 is 22.8. The van der Waals surface area contributed by atoms with Crippen molar-refractivity contribution in [2.75, 3.05) is 24.6 Å². The molecule has 2 rings (SSSR count). The fraction of sp³-hybridized carbons (Fsp3) is 1.00. The Balaban J connectivity index is 2.13. The molecule has 0 saturated carbocycles. The molecule has 94 valence electrons. The lowest BCUT2D eigenvalue weighted by Gasteiger charge is -2.49. The standard InChI is InChI=1S/C10H20N2O3S/c11-9(3-7-16(14,15)8-4-9)10(13)1-5-12-6-2-10/h12-13H,1-8,11H2. The molecule has 5 nitrogen and oxygen atoms in total. The van der Waals surface area contributed by atoms with Crippen LogP contribution in [0.2, 0.25) is 0 Å². The highest BCUT2D eigenvalue weighted by Crippen LogP contribution is 2.37. The summed E-state index contributed by atoms with van der Waals surface area (Å²) >= 11 is 0. The molecule has 2 heterocycles. The van der Waals surface area contributed by atoms with Crippen LogP contribution in [0.5, 0.6) is 0 Å². The molecular weight excluding hydrogens is 228 g/mol. The van der Waals surface area contributed by atoms with Gasteiger partial charge in [-0.2, -0.15) is 0 Å². The lowest BCUT2D eigenvalue weighted by Crippen LogP contribution is -2.66. The fourth-order valence-electron chi connectivity index (χ4n) is 2.71. The quantitative estimate of drug-likeness (QED) is 0.554. The van der Waals surface area contributed by atoms with Crippen LogP contribution in [0.1, 0.15) is 25.7 Å². The van der Waals surface area contributed by atoms with Gasteiger partial charge in [0, 0.05) is 5.54 Å². The summed E-state index contributed by atoms with van der Waals surface area (Å²) in [6, 6.07) is 0. The summed E-state index contributed by atoms with van der Waals surface area (Å²) in [5.41, 5.74) is 4.63. The van der Waals surface area contributed by atoms with E-state index in [9.17, 15) is 13.5 Å². The maximum Gasteiger partial charge on any atom is 0.150 e. The largest absolute Gasteiger partial charge is 0.388 e. The zero-order valence-corrected chi connectivity index (χ0v) is 10.2. The first-order valence-corrected chi connectivity index (χ1v) is 7.62. The Morgan fingerprint density at radius 3 is 2.06 bits per heavy atom. The predicted octanol–water partition coefficient (Wildman–Crippen LogP) is -0.993. The normalized spacial score (nSPS) is 32.1. The van der Waals surface area contributed by atoms with Crippen molar-refractivity contribution in [2.45, 2.75) is 36.8 Å². The molecule has 0 aromatic carbocycles. The van der Waals surface area contributed by atoms with Gasteiger partial charge in [0.15, 0.2) is 0 Å². The van der Waals surface area contributed by atoms with E-state index in [4.69, 9.17) is 5.73 Å². The third-order valence-corrected chi connectivity index (χ3v) is 5.73. The number of nitrogens with one attached hydrogen (secondary N) is 1. The van der Waals surface area contributed by atoms with Gasteiger partial charge in [0.2, 0.25) is 0 Å². The highest BCUT2D eigenvalue weighted by molar-refractivity contribution is 7.91. The van der Waals surface area contributed by atoms with E-state index < -0.39 is 21.0 Å². The summed E-state index contributed by atoms with van der Waals surface area (Å²) in [6.07, 6.45) is 1.99. The van der Waals surface area contributed by atoms with Crippen molar-refractivity contribution < 1.29 is 13.5 Å². The maximum atomic E-state index is 11.4. The van der Waals surface area contributed by atoms with Crippen LogP contribution in [0.25, 0.3) is 0 Å². The highest BCUT2D eigenvalue weighted by atomic mass is 32.2. The lowest BCUT2D eigenvalue weighted by atomic mass is 9.71. The average molecular weight is 248 g/mol. The zero-order chi connectivity index (χ0) is 11.9. The maximum absolute atomic E-state index is 11.4. The third kappa shape index (κ3) is 2.11. The molecule has 0 bridgehead atoms. The summed E-state index contributed by atoms with van der Waals surface area (Å²) in [5, 5.41) is 13.7. The Morgan fingerprint density at radius 1 is 1.06 bits per heavy atom. The van der Waals surface area contributed by atoms with Crippen LogP contribution in [-0.4, -0.2) is 49.3 Å². The van der Waals surface area contributed by atoms with Crippen molar-refractivity contribution in [3.63, 3.8) is 0 Å². The highest BCUT2D eigenvalue weighted by Gasteiger charge is 2.50. The van der Waals surface area contributed by atoms with E-state index in [1.807, 2.05) is 0 Å². The number of rotatable bonds is 1. The topological polar surface area (TPSA) is 92.4 Å².